The Morgan fingerprint density at radius 3 is 2.67 bits per heavy atom. The van der Waals surface area contributed by atoms with E-state index in [-0.39, 0.29) is 18.4 Å². The lowest BCUT2D eigenvalue weighted by molar-refractivity contribution is -0.134. The quantitative estimate of drug-likeness (QED) is 0.844. The second-order valence-corrected chi connectivity index (χ2v) is 5.43. The highest BCUT2D eigenvalue weighted by Crippen LogP contribution is 2.29. The monoisotopic (exact) mass is 266 g/mol. The minimum Gasteiger partial charge on any atom is -0.341 e. The van der Waals surface area contributed by atoms with Crippen LogP contribution in [0.25, 0.3) is 0 Å². The number of benzene rings is 1. The van der Waals surface area contributed by atoms with Crippen molar-refractivity contribution in [3.8, 4) is 0 Å². The van der Waals surface area contributed by atoms with Crippen LogP contribution in [0.2, 0.25) is 5.02 Å². The molecular weight excluding hydrogens is 252 g/mol. The lowest BCUT2D eigenvalue weighted by atomic mass is 9.99. The SMILES string of the molecule is Cc1ccc(Cl)c(N2CC(=O)NC(C)(C)C2=O)c1. The molecule has 2 amide bonds. The van der Waals surface area contributed by atoms with E-state index in [0.717, 1.165) is 5.56 Å². The molecule has 0 aliphatic carbocycles. The second-order valence-electron chi connectivity index (χ2n) is 5.02. The maximum atomic E-state index is 12.3. The van der Waals surface area contributed by atoms with Gasteiger partial charge >= 0.3 is 0 Å². The van der Waals surface area contributed by atoms with E-state index in [1.54, 1.807) is 19.9 Å². The Bertz CT molecular complexity index is 526. The normalized spacial score (nSPS) is 18.8. The summed E-state index contributed by atoms with van der Waals surface area (Å²) in [6.07, 6.45) is 0. The first-order valence-corrected chi connectivity index (χ1v) is 6.08. The second kappa shape index (κ2) is 4.28. The maximum absolute atomic E-state index is 12.3. The molecule has 0 radical (unpaired) electrons. The molecule has 0 spiro atoms. The Morgan fingerprint density at radius 2 is 2.00 bits per heavy atom. The molecule has 96 valence electrons. The number of aryl methyl sites for hydroxylation is 1. The van der Waals surface area contributed by atoms with E-state index < -0.39 is 5.54 Å². The first kappa shape index (κ1) is 12.9. The zero-order valence-electron chi connectivity index (χ0n) is 10.6. The number of carbonyl (C=O) groups excluding carboxylic acids is 2. The lowest BCUT2D eigenvalue weighted by Gasteiger charge is -2.37. The molecule has 1 fully saturated rings. The van der Waals surface area contributed by atoms with Gasteiger partial charge in [0.1, 0.15) is 12.1 Å². The van der Waals surface area contributed by atoms with Crippen molar-refractivity contribution >= 4 is 29.1 Å². The van der Waals surface area contributed by atoms with Crippen LogP contribution in [0.15, 0.2) is 18.2 Å². The molecule has 1 N–H and O–H groups in total. The maximum Gasteiger partial charge on any atom is 0.252 e. The topological polar surface area (TPSA) is 49.4 Å². The van der Waals surface area contributed by atoms with Crippen molar-refractivity contribution in [2.45, 2.75) is 26.3 Å². The van der Waals surface area contributed by atoms with Crippen LogP contribution in [-0.4, -0.2) is 23.9 Å². The van der Waals surface area contributed by atoms with Crippen LogP contribution >= 0.6 is 11.6 Å². The van der Waals surface area contributed by atoms with Gasteiger partial charge in [-0.3, -0.25) is 14.5 Å². The van der Waals surface area contributed by atoms with Gasteiger partial charge in [0.2, 0.25) is 5.91 Å². The van der Waals surface area contributed by atoms with Crippen LogP contribution in [0.1, 0.15) is 19.4 Å². The molecule has 1 aromatic rings. The fraction of sp³-hybridized carbons (Fsp3) is 0.385. The molecule has 0 saturated carbocycles. The van der Waals surface area contributed by atoms with Gasteiger partial charge in [-0.1, -0.05) is 17.7 Å². The van der Waals surface area contributed by atoms with Crippen LogP contribution < -0.4 is 10.2 Å². The number of halogens is 1. The summed E-state index contributed by atoms with van der Waals surface area (Å²) in [6.45, 7) is 5.29. The Hall–Kier alpha value is -1.55. The standard InChI is InChI=1S/C13H15ClN2O2/c1-8-4-5-9(14)10(6-8)16-7-11(17)15-13(2,3)12(16)18/h4-6H,7H2,1-3H3,(H,15,17). The average Bonchev–Trinajstić information content (AvgIpc) is 2.26. The first-order chi connectivity index (χ1) is 8.31. The third-order valence-electron chi connectivity index (χ3n) is 2.93. The summed E-state index contributed by atoms with van der Waals surface area (Å²) in [5.41, 5.74) is 0.679. The molecule has 4 nitrogen and oxygen atoms in total. The van der Waals surface area contributed by atoms with E-state index in [9.17, 15) is 9.59 Å². The molecular formula is C13H15ClN2O2. The van der Waals surface area contributed by atoms with Gasteiger partial charge in [0.15, 0.2) is 0 Å². The van der Waals surface area contributed by atoms with Crippen LogP contribution in [0, 0.1) is 6.92 Å². The van der Waals surface area contributed by atoms with Crippen LogP contribution in [0.5, 0.6) is 0 Å². The minimum atomic E-state index is -0.900. The van der Waals surface area contributed by atoms with Gasteiger partial charge in [0.25, 0.3) is 5.91 Å². The highest BCUT2D eigenvalue weighted by atomic mass is 35.5. The third-order valence-corrected chi connectivity index (χ3v) is 3.25. The fourth-order valence-electron chi connectivity index (χ4n) is 2.02. The van der Waals surface area contributed by atoms with Gasteiger partial charge in [0.05, 0.1) is 10.7 Å². The van der Waals surface area contributed by atoms with Gasteiger partial charge in [-0.25, -0.2) is 0 Å². The highest BCUT2D eigenvalue weighted by Gasteiger charge is 2.40. The van der Waals surface area contributed by atoms with Crippen molar-refractivity contribution in [2.24, 2.45) is 0 Å². The van der Waals surface area contributed by atoms with Gasteiger partial charge in [-0.2, -0.15) is 0 Å². The molecule has 1 saturated heterocycles. The Morgan fingerprint density at radius 1 is 1.33 bits per heavy atom. The summed E-state index contributed by atoms with van der Waals surface area (Å²) >= 11 is 6.11. The number of hydrogen-bond donors (Lipinski definition) is 1. The van der Waals surface area contributed by atoms with Crippen molar-refractivity contribution in [2.75, 3.05) is 11.4 Å². The van der Waals surface area contributed by atoms with Gasteiger partial charge in [-0.05, 0) is 38.5 Å². The van der Waals surface area contributed by atoms with Crippen molar-refractivity contribution < 1.29 is 9.59 Å². The van der Waals surface area contributed by atoms with Crippen LogP contribution in [0.4, 0.5) is 5.69 Å². The Balaban J connectivity index is 2.46. The molecule has 0 unspecified atom stereocenters. The zero-order valence-corrected chi connectivity index (χ0v) is 11.3. The molecule has 1 aliphatic rings. The summed E-state index contributed by atoms with van der Waals surface area (Å²) in [6, 6.07) is 5.42. The highest BCUT2D eigenvalue weighted by molar-refractivity contribution is 6.34. The van der Waals surface area contributed by atoms with E-state index in [1.165, 1.54) is 4.90 Å². The van der Waals surface area contributed by atoms with Gasteiger partial charge in [0, 0.05) is 0 Å². The molecule has 1 aromatic carbocycles. The summed E-state index contributed by atoms with van der Waals surface area (Å²) in [4.78, 5) is 25.4. The Kier molecular flexibility index (Phi) is 3.07. The van der Waals surface area contributed by atoms with E-state index >= 15 is 0 Å². The smallest absolute Gasteiger partial charge is 0.252 e. The van der Waals surface area contributed by atoms with Gasteiger partial charge < -0.3 is 5.32 Å². The van der Waals surface area contributed by atoms with Crippen LogP contribution in [0.3, 0.4) is 0 Å². The molecule has 2 rings (SSSR count). The zero-order chi connectivity index (χ0) is 13.5. The molecule has 0 aromatic heterocycles. The molecule has 0 atom stereocenters. The summed E-state index contributed by atoms with van der Waals surface area (Å²) in [7, 11) is 0. The van der Waals surface area contributed by atoms with Gasteiger partial charge in [-0.15, -0.1) is 0 Å². The molecule has 18 heavy (non-hydrogen) atoms. The predicted molar refractivity (Wildman–Crippen MR) is 70.8 cm³/mol. The number of hydrogen-bond acceptors (Lipinski definition) is 2. The predicted octanol–water partition coefficient (Wildman–Crippen LogP) is 1.89. The number of piperazine rings is 1. The van der Waals surface area contributed by atoms with Crippen molar-refractivity contribution in [3.05, 3.63) is 28.8 Å². The van der Waals surface area contributed by atoms with Crippen molar-refractivity contribution in [1.82, 2.24) is 5.32 Å². The summed E-state index contributed by atoms with van der Waals surface area (Å²) in [5.74, 6) is -0.341. The number of nitrogens with zero attached hydrogens (tertiary/aromatic N) is 1. The summed E-state index contributed by atoms with van der Waals surface area (Å²) < 4.78 is 0. The number of amides is 2. The van der Waals surface area contributed by atoms with E-state index in [0.29, 0.717) is 10.7 Å². The molecule has 1 heterocycles. The third kappa shape index (κ3) is 2.20. The molecule has 0 bridgehead atoms. The number of anilines is 1. The Labute approximate surface area is 111 Å². The average molecular weight is 267 g/mol. The van der Waals surface area contributed by atoms with Crippen LogP contribution in [-0.2, 0) is 9.59 Å². The first-order valence-electron chi connectivity index (χ1n) is 5.70. The number of nitrogens with one attached hydrogen (secondary N) is 1. The number of rotatable bonds is 1. The van der Waals surface area contributed by atoms with Crippen molar-refractivity contribution in [1.29, 1.82) is 0 Å². The minimum absolute atomic E-state index is 0.00539. The van der Waals surface area contributed by atoms with Crippen molar-refractivity contribution in [3.63, 3.8) is 0 Å². The molecule has 5 heteroatoms. The number of carbonyl (C=O) groups is 2. The largest absolute Gasteiger partial charge is 0.341 e. The summed E-state index contributed by atoms with van der Waals surface area (Å²) in [5, 5.41) is 3.14. The van der Waals surface area contributed by atoms with E-state index in [1.807, 2.05) is 19.1 Å². The lowest BCUT2D eigenvalue weighted by Crippen LogP contribution is -2.64. The van der Waals surface area contributed by atoms with E-state index in [4.69, 9.17) is 11.6 Å². The van der Waals surface area contributed by atoms with E-state index in [2.05, 4.69) is 5.32 Å². The fourth-order valence-corrected chi connectivity index (χ4v) is 2.24. The molecule has 1 aliphatic heterocycles.